The minimum absolute atomic E-state index is 0.119. The zero-order valence-corrected chi connectivity index (χ0v) is 14.8. The number of benzene rings is 2. The lowest BCUT2D eigenvalue weighted by molar-refractivity contribution is -0.154. The fourth-order valence-electron chi connectivity index (χ4n) is 3.67. The summed E-state index contributed by atoms with van der Waals surface area (Å²) in [6.07, 6.45) is 2.72. The van der Waals surface area contributed by atoms with Gasteiger partial charge in [0.15, 0.2) is 11.9 Å². The van der Waals surface area contributed by atoms with Crippen molar-refractivity contribution in [1.82, 2.24) is 0 Å². The van der Waals surface area contributed by atoms with Crippen molar-refractivity contribution in [3.8, 4) is 23.0 Å². The molecule has 2 N–H and O–H groups in total. The second kappa shape index (κ2) is 7.16. The van der Waals surface area contributed by atoms with Crippen LogP contribution in [-0.2, 0) is 15.1 Å². The molecule has 0 aromatic heterocycles. The normalized spacial score (nSPS) is 23.1. The van der Waals surface area contributed by atoms with E-state index in [0.717, 1.165) is 30.4 Å². The maximum Gasteiger partial charge on any atom is 0.335 e. The van der Waals surface area contributed by atoms with E-state index < -0.39 is 11.6 Å². The minimum Gasteiger partial charge on any atom is -0.478 e. The van der Waals surface area contributed by atoms with Crippen LogP contribution in [0, 0.1) is 11.8 Å². The number of carbonyl (C=O) groups is 1. The van der Waals surface area contributed by atoms with Gasteiger partial charge in [-0.05, 0) is 42.5 Å². The Bertz CT molecular complexity index is 933. The molecule has 2 aromatic rings. The van der Waals surface area contributed by atoms with Crippen molar-refractivity contribution in [3.63, 3.8) is 0 Å². The van der Waals surface area contributed by atoms with Gasteiger partial charge in [-0.15, -0.1) is 0 Å². The first-order valence-electron chi connectivity index (χ1n) is 9.03. The highest BCUT2D eigenvalue weighted by Gasteiger charge is 2.40. The van der Waals surface area contributed by atoms with Crippen LogP contribution in [0.5, 0.6) is 0 Å². The molecule has 5 heteroatoms. The second-order valence-corrected chi connectivity index (χ2v) is 6.73. The summed E-state index contributed by atoms with van der Waals surface area (Å²) in [6.45, 7) is 0.837. The van der Waals surface area contributed by atoms with Gasteiger partial charge in [-0.3, -0.25) is 0 Å². The summed E-state index contributed by atoms with van der Waals surface area (Å²) in [7, 11) is 0. The SMILES string of the molecule is O=C(O)c1ccc2c(c1)C(O)(C#CCOC1CCCCO1)c1ccccc1-2. The first kappa shape index (κ1) is 17.7. The summed E-state index contributed by atoms with van der Waals surface area (Å²) in [6, 6.07) is 12.2. The van der Waals surface area contributed by atoms with Gasteiger partial charge < -0.3 is 19.7 Å². The molecule has 2 aliphatic rings. The van der Waals surface area contributed by atoms with E-state index in [1.807, 2.05) is 24.3 Å². The van der Waals surface area contributed by atoms with E-state index in [0.29, 0.717) is 17.7 Å². The number of carboxylic acids is 1. The van der Waals surface area contributed by atoms with Gasteiger partial charge in [0.2, 0.25) is 0 Å². The number of carboxylic acid groups (broad SMARTS) is 1. The van der Waals surface area contributed by atoms with Crippen molar-refractivity contribution in [3.05, 3.63) is 59.2 Å². The summed E-state index contributed by atoms with van der Waals surface area (Å²) in [5, 5.41) is 20.7. The molecule has 138 valence electrons. The Morgan fingerprint density at radius 1 is 1.19 bits per heavy atom. The van der Waals surface area contributed by atoms with Gasteiger partial charge in [-0.2, -0.15) is 0 Å². The lowest BCUT2D eigenvalue weighted by Crippen LogP contribution is -2.24. The molecule has 2 atom stereocenters. The van der Waals surface area contributed by atoms with E-state index in [-0.39, 0.29) is 18.5 Å². The minimum atomic E-state index is -1.56. The highest BCUT2D eigenvalue weighted by molar-refractivity contribution is 5.91. The van der Waals surface area contributed by atoms with Crippen molar-refractivity contribution >= 4 is 5.97 Å². The van der Waals surface area contributed by atoms with Crippen LogP contribution in [0.2, 0.25) is 0 Å². The third kappa shape index (κ3) is 3.24. The predicted octanol–water partition coefficient (Wildman–Crippen LogP) is 3.15. The van der Waals surface area contributed by atoms with Gasteiger partial charge in [0.1, 0.15) is 6.61 Å². The van der Waals surface area contributed by atoms with E-state index in [9.17, 15) is 15.0 Å². The molecule has 5 nitrogen and oxygen atoms in total. The Hall–Kier alpha value is -2.65. The van der Waals surface area contributed by atoms with Gasteiger partial charge in [0.05, 0.1) is 5.56 Å². The Morgan fingerprint density at radius 2 is 2.00 bits per heavy atom. The van der Waals surface area contributed by atoms with Gasteiger partial charge in [-0.1, -0.05) is 42.2 Å². The third-order valence-corrected chi connectivity index (χ3v) is 5.01. The van der Waals surface area contributed by atoms with Crippen molar-refractivity contribution in [1.29, 1.82) is 0 Å². The summed E-state index contributed by atoms with van der Waals surface area (Å²) >= 11 is 0. The van der Waals surface area contributed by atoms with E-state index in [1.165, 1.54) is 6.07 Å². The van der Waals surface area contributed by atoms with Crippen molar-refractivity contribution in [2.45, 2.75) is 31.2 Å². The molecular weight excluding hydrogens is 344 g/mol. The van der Waals surface area contributed by atoms with Crippen LogP contribution in [0.3, 0.4) is 0 Å². The number of hydrogen-bond acceptors (Lipinski definition) is 4. The Balaban J connectivity index is 1.66. The topological polar surface area (TPSA) is 76.0 Å². The van der Waals surface area contributed by atoms with Crippen LogP contribution in [0.4, 0.5) is 0 Å². The molecule has 1 saturated heterocycles. The number of rotatable bonds is 3. The van der Waals surface area contributed by atoms with Crippen LogP contribution in [0.15, 0.2) is 42.5 Å². The highest BCUT2D eigenvalue weighted by Crippen LogP contribution is 2.47. The Morgan fingerprint density at radius 3 is 2.78 bits per heavy atom. The molecule has 1 fully saturated rings. The zero-order chi connectivity index (χ0) is 18.9. The maximum atomic E-state index is 11.4. The van der Waals surface area contributed by atoms with Gasteiger partial charge in [-0.25, -0.2) is 4.79 Å². The van der Waals surface area contributed by atoms with Gasteiger partial charge in [0.25, 0.3) is 0 Å². The fraction of sp³-hybridized carbons (Fsp3) is 0.318. The van der Waals surface area contributed by atoms with Crippen LogP contribution in [0.25, 0.3) is 11.1 Å². The molecule has 1 aliphatic carbocycles. The monoisotopic (exact) mass is 364 g/mol. The lowest BCUT2D eigenvalue weighted by Gasteiger charge is -2.22. The quantitative estimate of drug-likeness (QED) is 0.819. The molecule has 0 saturated carbocycles. The van der Waals surface area contributed by atoms with Crippen LogP contribution in [0.1, 0.15) is 40.7 Å². The number of aliphatic hydroxyl groups is 1. The summed E-state index contributed by atoms with van der Waals surface area (Å²) in [5.41, 5.74) is 1.36. The molecule has 0 amide bonds. The zero-order valence-electron chi connectivity index (χ0n) is 14.8. The van der Waals surface area contributed by atoms with E-state index >= 15 is 0 Å². The largest absolute Gasteiger partial charge is 0.478 e. The Kier molecular flexibility index (Phi) is 4.71. The summed E-state index contributed by atoms with van der Waals surface area (Å²) < 4.78 is 11.1. The maximum absolute atomic E-state index is 11.4. The van der Waals surface area contributed by atoms with Crippen molar-refractivity contribution < 1.29 is 24.5 Å². The third-order valence-electron chi connectivity index (χ3n) is 5.01. The first-order chi connectivity index (χ1) is 13.1. The highest BCUT2D eigenvalue weighted by atomic mass is 16.7. The number of hydrogen-bond donors (Lipinski definition) is 2. The average Bonchev–Trinajstić information content (AvgIpc) is 2.95. The molecule has 2 aromatic carbocycles. The molecular formula is C22H20O5. The number of ether oxygens (including phenoxy) is 2. The molecule has 27 heavy (non-hydrogen) atoms. The van der Waals surface area contributed by atoms with Crippen LogP contribution < -0.4 is 0 Å². The molecule has 2 unspecified atom stereocenters. The molecule has 0 spiro atoms. The van der Waals surface area contributed by atoms with E-state index in [4.69, 9.17) is 9.47 Å². The fourth-order valence-corrected chi connectivity index (χ4v) is 3.67. The van der Waals surface area contributed by atoms with Crippen molar-refractivity contribution in [2.75, 3.05) is 13.2 Å². The van der Waals surface area contributed by atoms with Crippen LogP contribution in [-0.4, -0.2) is 35.7 Å². The smallest absolute Gasteiger partial charge is 0.335 e. The van der Waals surface area contributed by atoms with Crippen molar-refractivity contribution in [2.24, 2.45) is 0 Å². The molecule has 0 bridgehead atoms. The molecule has 0 radical (unpaired) electrons. The summed E-state index contributed by atoms with van der Waals surface area (Å²) in [4.78, 5) is 11.4. The van der Waals surface area contributed by atoms with Gasteiger partial charge >= 0.3 is 5.97 Å². The average molecular weight is 364 g/mol. The molecule has 1 heterocycles. The number of aromatic carboxylic acids is 1. The van der Waals surface area contributed by atoms with Crippen LogP contribution >= 0.6 is 0 Å². The van der Waals surface area contributed by atoms with Gasteiger partial charge in [0, 0.05) is 17.7 Å². The lowest BCUT2D eigenvalue weighted by atomic mass is 9.91. The number of fused-ring (bicyclic) bond motifs is 3. The molecule has 1 aliphatic heterocycles. The standard InChI is InChI=1S/C22H20O5/c23-21(24)15-9-10-17-16-6-1-2-7-18(16)22(25,19(17)14-15)11-5-13-27-20-8-3-4-12-26-20/h1-2,6-7,9-10,14,20,25H,3-4,8,12-13H2,(H,23,24). The molecule has 4 rings (SSSR count). The Labute approximate surface area is 157 Å². The second-order valence-electron chi connectivity index (χ2n) is 6.73. The van der Waals surface area contributed by atoms with E-state index in [1.54, 1.807) is 12.1 Å². The van der Waals surface area contributed by atoms with E-state index in [2.05, 4.69) is 11.8 Å². The predicted molar refractivity (Wildman–Crippen MR) is 99.2 cm³/mol. The first-order valence-corrected chi connectivity index (χ1v) is 9.03. The summed E-state index contributed by atoms with van der Waals surface area (Å²) in [5.74, 6) is 4.76.